The molecular formula is C13H14F2N2OS. The summed E-state index contributed by atoms with van der Waals surface area (Å²) in [6, 6.07) is 3.53. The number of aliphatic hydroxyl groups is 1. The van der Waals surface area contributed by atoms with Gasteiger partial charge in [-0.3, -0.25) is 0 Å². The Morgan fingerprint density at radius 3 is 2.63 bits per heavy atom. The number of hydrogen-bond acceptors (Lipinski definition) is 4. The third-order valence-corrected chi connectivity index (χ3v) is 3.47. The summed E-state index contributed by atoms with van der Waals surface area (Å²) in [6.07, 6.45) is -1.22. The number of nitrogens with zero attached hydrogens (tertiary/aromatic N) is 1. The van der Waals surface area contributed by atoms with Crippen LogP contribution >= 0.6 is 11.3 Å². The van der Waals surface area contributed by atoms with Gasteiger partial charge in [-0.1, -0.05) is 6.07 Å². The fraction of sp³-hybridized carbons (Fsp3) is 0.308. The Bertz CT molecular complexity index is 539. The standard InChI is InChI=1S/C13H14F2N2OS/c1-8-17-9(7-19-8)5-16-6-12(18)13-10(14)3-2-4-11(13)15/h2-4,7,12,16,18H,5-6H2,1H3. The van der Waals surface area contributed by atoms with E-state index in [0.29, 0.717) is 6.54 Å². The fourth-order valence-electron chi connectivity index (χ4n) is 1.76. The Hall–Kier alpha value is -1.37. The number of nitrogens with one attached hydrogen (secondary N) is 1. The van der Waals surface area contributed by atoms with E-state index in [1.54, 1.807) is 0 Å². The van der Waals surface area contributed by atoms with E-state index in [0.717, 1.165) is 22.8 Å². The first-order valence-corrected chi connectivity index (χ1v) is 6.69. The molecule has 2 aromatic rings. The number of aromatic nitrogens is 1. The van der Waals surface area contributed by atoms with Crippen LogP contribution in [-0.2, 0) is 6.54 Å². The number of aliphatic hydroxyl groups excluding tert-OH is 1. The first kappa shape index (κ1) is 14.0. The summed E-state index contributed by atoms with van der Waals surface area (Å²) in [5.41, 5.74) is 0.549. The lowest BCUT2D eigenvalue weighted by atomic mass is 10.1. The van der Waals surface area contributed by atoms with E-state index >= 15 is 0 Å². The van der Waals surface area contributed by atoms with Crippen LogP contribution in [0.25, 0.3) is 0 Å². The average Bonchev–Trinajstić information content (AvgIpc) is 2.75. The molecule has 1 atom stereocenters. The summed E-state index contributed by atoms with van der Waals surface area (Å²) in [7, 11) is 0. The van der Waals surface area contributed by atoms with Crippen LogP contribution in [0.4, 0.5) is 8.78 Å². The van der Waals surface area contributed by atoms with E-state index in [9.17, 15) is 13.9 Å². The molecule has 0 radical (unpaired) electrons. The molecule has 19 heavy (non-hydrogen) atoms. The molecule has 1 heterocycles. The van der Waals surface area contributed by atoms with E-state index in [4.69, 9.17) is 0 Å². The van der Waals surface area contributed by atoms with Crippen LogP contribution in [0, 0.1) is 18.6 Å². The number of benzene rings is 1. The molecule has 0 saturated carbocycles. The minimum absolute atomic E-state index is 0.0639. The van der Waals surface area contributed by atoms with Gasteiger partial charge in [0.25, 0.3) is 0 Å². The maximum Gasteiger partial charge on any atom is 0.131 e. The molecule has 1 aromatic carbocycles. The highest BCUT2D eigenvalue weighted by atomic mass is 32.1. The highest BCUT2D eigenvalue weighted by molar-refractivity contribution is 7.09. The normalized spacial score (nSPS) is 12.6. The van der Waals surface area contributed by atoms with Gasteiger partial charge in [-0.15, -0.1) is 11.3 Å². The summed E-state index contributed by atoms with van der Waals surface area (Å²) in [4.78, 5) is 4.24. The molecule has 0 aliphatic heterocycles. The second-order valence-corrected chi connectivity index (χ2v) is 5.20. The Kier molecular flexibility index (Phi) is 4.57. The van der Waals surface area contributed by atoms with Crippen LogP contribution in [0.5, 0.6) is 0 Å². The van der Waals surface area contributed by atoms with Crippen molar-refractivity contribution in [3.8, 4) is 0 Å². The summed E-state index contributed by atoms with van der Waals surface area (Å²) in [5.74, 6) is -1.47. The Morgan fingerprint density at radius 2 is 2.05 bits per heavy atom. The molecular weight excluding hydrogens is 270 g/mol. The van der Waals surface area contributed by atoms with Crippen LogP contribution in [-0.4, -0.2) is 16.6 Å². The van der Waals surface area contributed by atoms with Crippen molar-refractivity contribution in [2.24, 2.45) is 0 Å². The van der Waals surface area contributed by atoms with E-state index in [1.165, 1.54) is 17.4 Å². The van der Waals surface area contributed by atoms with Crippen molar-refractivity contribution in [2.75, 3.05) is 6.54 Å². The second-order valence-electron chi connectivity index (χ2n) is 4.14. The number of hydrogen-bond donors (Lipinski definition) is 2. The smallest absolute Gasteiger partial charge is 0.131 e. The van der Waals surface area contributed by atoms with Crippen LogP contribution < -0.4 is 5.32 Å². The predicted octanol–water partition coefficient (Wildman–Crippen LogP) is 2.55. The van der Waals surface area contributed by atoms with Crippen LogP contribution in [0.3, 0.4) is 0 Å². The molecule has 1 unspecified atom stereocenters. The predicted molar refractivity (Wildman–Crippen MR) is 69.9 cm³/mol. The number of aryl methyl sites for hydroxylation is 1. The average molecular weight is 284 g/mol. The topological polar surface area (TPSA) is 45.2 Å². The SMILES string of the molecule is Cc1nc(CNCC(O)c2c(F)cccc2F)cs1. The minimum atomic E-state index is -1.22. The zero-order valence-corrected chi connectivity index (χ0v) is 11.2. The van der Waals surface area contributed by atoms with E-state index < -0.39 is 17.7 Å². The first-order valence-electron chi connectivity index (χ1n) is 5.81. The number of rotatable bonds is 5. The summed E-state index contributed by atoms with van der Waals surface area (Å²) < 4.78 is 26.8. The van der Waals surface area contributed by atoms with Crippen molar-refractivity contribution in [1.82, 2.24) is 10.3 Å². The molecule has 0 fully saturated rings. The molecule has 0 amide bonds. The van der Waals surface area contributed by atoms with Crippen molar-refractivity contribution >= 4 is 11.3 Å². The van der Waals surface area contributed by atoms with Crippen molar-refractivity contribution in [1.29, 1.82) is 0 Å². The van der Waals surface area contributed by atoms with Gasteiger partial charge in [0.15, 0.2) is 0 Å². The minimum Gasteiger partial charge on any atom is -0.387 e. The van der Waals surface area contributed by atoms with E-state index in [1.807, 2.05) is 12.3 Å². The highest BCUT2D eigenvalue weighted by Crippen LogP contribution is 2.20. The Labute approximate surface area is 113 Å². The monoisotopic (exact) mass is 284 g/mol. The third-order valence-electron chi connectivity index (χ3n) is 2.64. The van der Waals surface area contributed by atoms with Crippen molar-refractivity contribution in [3.05, 3.63) is 51.5 Å². The first-order chi connectivity index (χ1) is 9.08. The maximum absolute atomic E-state index is 13.4. The summed E-state index contributed by atoms with van der Waals surface area (Å²) >= 11 is 1.53. The van der Waals surface area contributed by atoms with E-state index in [-0.39, 0.29) is 12.1 Å². The zero-order valence-electron chi connectivity index (χ0n) is 10.4. The van der Waals surface area contributed by atoms with Gasteiger partial charge in [0.05, 0.1) is 22.4 Å². The molecule has 0 spiro atoms. The van der Waals surface area contributed by atoms with Gasteiger partial charge in [0.2, 0.25) is 0 Å². The molecule has 6 heteroatoms. The summed E-state index contributed by atoms with van der Waals surface area (Å²) in [6.45, 7) is 2.42. The van der Waals surface area contributed by atoms with Crippen LogP contribution in [0.2, 0.25) is 0 Å². The number of halogens is 2. The fourth-order valence-corrected chi connectivity index (χ4v) is 2.37. The van der Waals surface area contributed by atoms with Gasteiger partial charge in [-0.25, -0.2) is 13.8 Å². The lowest BCUT2D eigenvalue weighted by molar-refractivity contribution is 0.164. The molecule has 0 aliphatic rings. The Morgan fingerprint density at radius 1 is 1.37 bits per heavy atom. The molecule has 3 nitrogen and oxygen atoms in total. The molecule has 102 valence electrons. The van der Waals surface area contributed by atoms with Gasteiger partial charge in [-0.2, -0.15) is 0 Å². The molecule has 0 bridgehead atoms. The molecule has 0 saturated heterocycles. The summed E-state index contributed by atoms with van der Waals surface area (Å²) in [5, 5.41) is 15.6. The molecule has 2 rings (SSSR count). The van der Waals surface area contributed by atoms with Crippen molar-refractivity contribution < 1.29 is 13.9 Å². The molecule has 1 aromatic heterocycles. The Balaban J connectivity index is 1.92. The van der Waals surface area contributed by atoms with Crippen molar-refractivity contribution in [3.63, 3.8) is 0 Å². The largest absolute Gasteiger partial charge is 0.387 e. The van der Waals surface area contributed by atoms with Gasteiger partial charge in [-0.05, 0) is 19.1 Å². The molecule has 0 aliphatic carbocycles. The van der Waals surface area contributed by atoms with Gasteiger partial charge in [0.1, 0.15) is 11.6 Å². The van der Waals surface area contributed by atoms with Gasteiger partial charge >= 0.3 is 0 Å². The van der Waals surface area contributed by atoms with E-state index in [2.05, 4.69) is 10.3 Å². The third kappa shape index (κ3) is 3.56. The quantitative estimate of drug-likeness (QED) is 0.887. The molecule has 2 N–H and O–H groups in total. The number of thiazole rings is 1. The lowest BCUT2D eigenvalue weighted by Crippen LogP contribution is -2.22. The van der Waals surface area contributed by atoms with Crippen LogP contribution in [0.1, 0.15) is 22.4 Å². The zero-order chi connectivity index (χ0) is 13.8. The van der Waals surface area contributed by atoms with Gasteiger partial charge < -0.3 is 10.4 Å². The van der Waals surface area contributed by atoms with Crippen molar-refractivity contribution in [2.45, 2.75) is 19.6 Å². The second kappa shape index (κ2) is 6.18. The van der Waals surface area contributed by atoms with Crippen LogP contribution in [0.15, 0.2) is 23.6 Å². The van der Waals surface area contributed by atoms with Gasteiger partial charge in [0, 0.05) is 18.5 Å². The lowest BCUT2D eigenvalue weighted by Gasteiger charge is -2.13. The highest BCUT2D eigenvalue weighted by Gasteiger charge is 2.17. The maximum atomic E-state index is 13.4.